The van der Waals surface area contributed by atoms with Crippen molar-refractivity contribution in [3.8, 4) is 0 Å². The van der Waals surface area contributed by atoms with E-state index < -0.39 is 0 Å². The second-order valence-electron chi connectivity index (χ2n) is 5.63. The van der Waals surface area contributed by atoms with E-state index in [0.717, 1.165) is 31.9 Å². The molecule has 0 spiro atoms. The summed E-state index contributed by atoms with van der Waals surface area (Å²) in [5, 5.41) is 3.50. The van der Waals surface area contributed by atoms with Gasteiger partial charge in [0.05, 0.1) is 12.2 Å². The van der Waals surface area contributed by atoms with Crippen molar-refractivity contribution in [1.82, 2.24) is 14.9 Å². The summed E-state index contributed by atoms with van der Waals surface area (Å²) in [5.74, 6) is 1.77. The number of hydrogen-bond donors (Lipinski definition) is 1. The second kappa shape index (κ2) is 7.04. The maximum Gasteiger partial charge on any atom is 0.106 e. The van der Waals surface area contributed by atoms with E-state index in [4.69, 9.17) is 0 Å². The molecule has 2 aromatic heterocycles. The monoisotopic (exact) mass is 291 g/mol. The largest absolute Gasteiger partial charge is 0.326 e. The molecule has 20 heavy (non-hydrogen) atoms. The standard InChI is InChI=1S/C16H25N3S/c1-5-15-6-7-16(20-15)11-19-13(4)18-10-14(19)9-17-8-12(2)3/h6-7,10,12,17H,5,8-9,11H2,1-4H3. The zero-order chi connectivity index (χ0) is 14.5. The number of imidazole rings is 1. The highest BCUT2D eigenvalue weighted by atomic mass is 32.1. The van der Waals surface area contributed by atoms with Crippen LogP contribution in [0.3, 0.4) is 0 Å². The van der Waals surface area contributed by atoms with E-state index in [-0.39, 0.29) is 0 Å². The fraction of sp³-hybridized carbons (Fsp3) is 0.562. The summed E-state index contributed by atoms with van der Waals surface area (Å²) in [7, 11) is 0. The maximum absolute atomic E-state index is 4.47. The van der Waals surface area contributed by atoms with Crippen molar-refractivity contribution in [2.45, 2.75) is 47.2 Å². The van der Waals surface area contributed by atoms with Crippen molar-refractivity contribution in [1.29, 1.82) is 0 Å². The molecular weight excluding hydrogens is 266 g/mol. The van der Waals surface area contributed by atoms with E-state index in [1.165, 1.54) is 15.4 Å². The third-order valence-corrected chi connectivity index (χ3v) is 4.59. The molecule has 0 aromatic carbocycles. The van der Waals surface area contributed by atoms with Gasteiger partial charge in [-0.25, -0.2) is 4.98 Å². The normalized spacial score (nSPS) is 11.4. The Bertz CT molecular complexity index is 540. The molecule has 1 N–H and O–H groups in total. The smallest absolute Gasteiger partial charge is 0.106 e. The van der Waals surface area contributed by atoms with Crippen LogP contribution in [0.5, 0.6) is 0 Å². The Kier molecular flexibility index (Phi) is 5.38. The maximum atomic E-state index is 4.47. The first kappa shape index (κ1) is 15.3. The Morgan fingerprint density at radius 2 is 2.05 bits per heavy atom. The molecule has 0 radical (unpaired) electrons. The average Bonchev–Trinajstić information content (AvgIpc) is 2.99. The fourth-order valence-corrected chi connectivity index (χ4v) is 3.16. The first-order valence-corrected chi connectivity index (χ1v) is 8.21. The van der Waals surface area contributed by atoms with Crippen LogP contribution in [-0.2, 0) is 19.5 Å². The Morgan fingerprint density at radius 3 is 2.70 bits per heavy atom. The SMILES string of the molecule is CCc1ccc(Cn2c(CNCC(C)C)cnc2C)s1. The minimum atomic E-state index is 0.678. The summed E-state index contributed by atoms with van der Waals surface area (Å²) in [6.45, 7) is 11.6. The van der Waals surface area contributed by atoms with Crippen molar-refractivity contribution in [2.75, 3.05) is 6.54 Å². The lowest BCUT2D eigenvalue weighted by Crippen LogP contribution is -2.21. The third kappa shape index (κ3) is 3.93. The predicted molar refractivity (Wildman–Crippen MR) is 86.3 cm³/mol. The number of nitrogens with zero attached hydrogens (tertiary/aromatic N) is 2. The summed E-state index contributed by atoms with van der Waals surface area (Å²) in [6, 6.07) is 4.48. The first-order valence-electron chi connectivity index (χ1n) is 7.39. The van der Waals surface area contributed by atoms with Gasteiger partial charge in [-0.2, -0.15) is 0 Å². The highest BCUT2D eigenvalue weighted by molar-refractivity contribution is 7.11. The molecule has 0 fully saturated rings. The van der Waals surface area contributed by atoms with Crippen molar-refractivity contribution in [3.63, 3.8) is 0 Å². The van der Waals surface area contributed by atoms with Gasteiger partial charge in [-0.3, -0.25) is 0 Å². The van der Waals surface area contributed by atoms with Gasteiger partial charge in [0.25, 0.3) is 0 Å². The van der Waals surface area contributed by atoms with Gasteiger partial charge in [0, 0.05) is 22.5 Å². The molecule has 0 bridgehead atoms. The number of aryl methyl sites for hydroxylation is 2. The zero-order valence-electron chi connectivity index (χ0n) is 12.9. The molecule has 2 heterocycles. The number of hydrogen-bond acceptors (Lipinski definition) is 3. The fourth-order valence-electron chi connectivity index (χ4n) is 2.21. The van der Waals surface area contributed by atoms with E-state index >= 15 is 0 Å². The molecule has 4 heteroatoms. The van der Waals surface area contributed by atoms with Gasteiger partial charge in [-0.1, -0.05) is 20.8 Å². The van der Waals surface area contributed by atoms with Crippen LogP contribution in [0.25, 0.3) is 0 Å². The first-order chi connectivity index (χ1) is 9.60. The lowest BCUT2D eigenvalue weighted by Gasteiger charge is -2.11. The van der Waals surface area contributed by atoms with Crippen molar-refractivity contribution >= 4 is 11.3 Å². The molecule has 0 unspecified atom stereocenters. The average molecular weight is 291 g/mol. The zero-order valence-corrected chi connectivity index (χ0v) is 13.8. The van der Waals surface area contributed by atoms with Gasteiger partial charge in [-0.05, 0) is 37.9 Å². The quantitative estimate of drug-likeness (QED) is 0.844. The van der Waals surface area contributed by atoms with Crippen LogP contribution in [-0.4, -0.2) is 16.1 Å². The van der Waals surface area contributed by atoms with Crippen LogP contribution < -0.4 is 5.32 Å². The van der Waals surface area contributed by atoms with Crippen LogP contribution in [0.1, 0.15) is 42.0 Å². The molecule has 0 aliphatic carbocycles. The van der Waals surface area contributed by atoms with Crippen LogP contribution in [0, 0.1) is 12.8 Å². The van der Waals surface area contributed by atoms with Gasteiger partial charge in [-0.15, -0.1) is 11.3 Å². The topological polar surface area (TPSA) is 29.9 Å². The molecule has 2 aromatic rings. The number of thiophene rings is 1. The van der Waals surface area contributed by atoms with E-state index in [1.54, 1.807) is 0 Å². The van der Waals surface area contributed by atoms with Gasteiger partial charge >= 0.3 is 0 Å². The molecule has 110 valence electrons. The second-order valence-corrected chi connectivity index (χ2v) is 6.88. The van der Waals surface area contributed by atoms with Gasteiger partial charge in [0.15, 0.2) is 0 Å². The summed E-state index contributed by atoms with van der Waals surface area (Å²) in [4.78, 5) is 7.33. The van der Waals surface area contributed by atoms with Gasteiger partial charge in [0.2, 0.25) is 0 Å². The van der Waals surface area contributed by atoms with Crippen LogP contribution >= 0.6 is 11.3 Å². The van der Waals surface area contributed by atoms with E-state index in [2.05, 4.69) is 54.7 Å². The van der Waals surface area contributed by atoms with Crippen LogP contribution in [0.4, 0.5) is 0 Å². The van der Waals surface area contributed by atoms with Crippen molar-refractivity contribution in [3.05, 3.63) is 39.6 Å². The van der Waals surface area contributed by atoms with Gasteiger partial charge < -0.3 is 9.88 Å². The molecule has 0 saturated carbocycles. The molecule has 2 rings (SSSR count). The highest BCUT2D eigenvalue weighted by Gasteiger charge is 2.08. The van der Waals surface area contributed by atoms with Crippen LogP contribution in [0.2, 0.25) is 0 Å². The summed E-state index contributed by atoms with van der Waals surface area (Å²) >= 11 is 1.91. The third-order valence-electron chi connectivity index (χ3n) is 3.38. The molecular formula is C16H25N3S. The summed E-state index contributed by atoms with van der Waals surface area (Å²) in [6.07, 6.45) is 3.12. The Labute approximate surface area is 126 Å². The Hall–Kier alpha value is -1.13. The lowest BCUT2D eigenvalue weighted by molar-refractivity contribution is 0.538. The minimum absolute atomic E-state index is 0.678. The predicted octanol–water partition coefficient (Wildman–Crippen LogP) is 3.61. The van der Waals surface area contributed by atoms with E-state index in [0.29, 0.717) is 5.92 Å². The lowest BCUT2D eigenvalue weighted by atomic mass is 10.2. The number of aromatic nitrogens is 2. The number of rotatable bonds is 7. The number of nitrogens with one attached hydrogen (secondary N) is 1. The molecule has 0 aliphatic heterocycles. The molecule has 3 nitrogen and oxygen atoms in total. The van der Waals surface area contributed by atoms with Crippen molar-refractivity contribution in [2.24, 2.45) is 5.92 Å². The molecule has 0 atom stereocenters. The highest BCUT2D eigenvalue weighted by Crippen LogP contribution is 2.19. The van der Waals surface area contributed by atoms with E-state index in [1.807, 2.05) is 17.5 Å². The van der Waals surface area contributed by atoms with Crippen LogP contribution in [0.15, 0.2) is 18.3 Å². The Morgan fingerprint density at radius 1 is 1.30 bits per heavy atom. The summed E-state index contributed by atoms with van der Waals surface area (Å²) < 4.78 is 2.32. The molecule has 0 aliphatic rings. The van der Waals surface area contributed by atoms with Gasteiger partial charge in [0.1, 0.15) is 5.82 Å². The van der Waals surface area contributed by atoms with E-state index in [9.17, 15) is 0 Å². The molecule has 0 amide bonds. The Balaban J connectivity index is 2.04. The molecule has 0 saturated heterocycles. The van der Waals surface area contributed by atoms with Crippen molar-refractivity contribution < 1.29 is 0 Å². The summed E-state index contributed by atoms with van der Waals surface area (Å²) in [5.41, 5.74) is 1.27. The minimum Gasteiger partial charge on any atom is -0.326 e.